The first kappa shape index (κ1) is 12.8. The number of hydrogen-bond acceptors (Lipinski definition) is 5. The molecule has 3 rings (SSSR count). The van der Waals surface area contributed by atoms with Crippen LogP contribution in [0.4, 0.5) is 0 Å². The fourth-order valence-electron chi connectivity index (χ4n) is 1.98. The third-order valence-electron chi connectivity index (χ3n) is 3.09. The molecule has 0 radical (unpaired) electrons. The lowest BCUT2D eigenvalue weighted by atomic mass is 10.2. The van der Waals surface area contributed by atoms with Crippen LogP contribution in [-0.2, 0) is 17.6 Å². The molecule has 2 aliphatic rings. The van der Waals surface area contributed by atoms with Crippen molar-refractivity contribution in [2.24, 2.45) is 5.92 Å². The number of ether oxygens (including phenoxy) is 1. The molecule has 5 nitrogen and oxygen atoms in total. The molecule has 0 amide bonds. The highest BCUT2D eigenvalue weighted by atomic mass is 35.5. The van der Waals surface area contributed by atoms with Gasteiger partial charge in [0.15, 0.2) is 5.82 Å². The minimum atomic E-state index is 0. The maximum absolute atomic E-state index is 5.59. The molecule has 17 heavy (non-hydrogen) atoms. The lowest BCUT2D eigenvalue weighted by molar-refractivity contribution is 0.0246. The van der Waals surface area contributed by atoms with E-state index in [-0.39, 0.29) is 18.5 Å². The number of hydrogen-bond donors (Lipinski definition) is 1. The normalized spacial score (nSPS) is 24.4. The van der Waals surface area contributed by atoms with Gasteiger partial charge in [-0.1, -0.05) is 5.16 Å². The Morgan fingerprint density at radius 2 is 2.18 bits per heavy atom. The smallest absolute Gasteiger partial charge is 0.229 e. The van der Waals surface area contributed by atoms with Crippen molar-refractivity contribution in [2.45, 2.75) is 31.8 Å². The summed E-state index contributed by atoms with van der Waals surface area (Å²) in [5.41, 5.74) is 0. The molecule has 2 fully saturated rings. The van der Waals surface area contributed by atoms with E-state index in [1.807, 2.05) is 0 Å². The number of rotatable bonds is 4. The first-order valence-electron chi connectivity index (χ1n) is 6.04. The Morgan fingerprint density at radius 3 is 2.88 bits per heavy atom. The Morgan fingerprint density at radius 1 is 1.29 bits per heavy atom. The number of nitrogens with one attached hydrogen (secondary N) is 1. The molecular formula is C11H18ClN3O2. The van der Waals surface area contributed by atoms with Gasteiger partial charge in [-0.2, -0.15) is 4.98 Å². The molecule has 1 atom stereocenters. The van der Waals surface area contributed by atoms with Gasteiger partial charge in [-0.05, 0) is 18.8 Å². The zero-order valence-electron chi connectivity index (χ0n) is 9.72. The van der Waals surface area contributed by atoms with Gasteiger partial charge in [0.2, 0.25) is 5.89 Å². The van der Waals surface area contributed by atoms with Gasteiger partial charge in [-0.3, -0.25) is 0 Å². The highest BCUT2D eigenvalue weighted by Gasteiger charge is 2.24. The molecule has 6 heteroatoms. The van der Waals surface area contributed by atoms with Gasteiger partial charge in [0.05, 0.1) is 19.1 Å². The Hall–Kier alpha value is -0.650. The predicted molar refractivity (Wildman–Crippen MR) is 64.3 cm³/mol. The molecule has 1 aromatic rings. The van der Waals surface area contributed by atoms with Gasteiger partial charge >= 0.3 is 0 Å². The largest absolute Gasteiger partial charge is 0.375 e. The minimum absolute atomic E-state index is 0. The third-order valence-corrected chi connectivity index (χ3v) is 3.09. The second-order valence-corrected chi connectivity index (χ2v) is 4.65. The monoisotopic (exact) mass is 259 g/mol. The van der Waals surface area contributed by atoms with Crippen LogP contribution >= 0.6 is 12.4 Å². The third kappa shape index (κ3) is 3.66. The summed E-state index contributed by atoms with van der Waals surface area (Å²) in [6.07, 6.45) is 4.53. The SMILES string of the molecule is C1COC(Cc2nc(CC3CC3)no2)CN1.Cl. The fourth-order valence-corrected chi connectivity index (χ4v) is 1.98. The predicted octanol–water partition coefficient (Wildman–Crippen LogP) is 0.975. The summed E-state index contributed by atoms with van der Waals surface area (Å²) in [6, 6.07) is 0. The van der Waals surface area contributed by atoms with Crippen LogP contribution in [0.2, 0.25) is 0 Å². The van der Waals surface area contributed by atoms with E-state index < -0.39 is 0 Å². The molecule has 1 saturated heterocycles. The summed E-state index contributed by atoms with van der Waals surface area (Å²) in [5.74, 6) is 2.38. The molecule has 2 heterocycles. The first-order chi connectivity index (χ1) is 7.90. The zero-order chi connectivity index (χ0) is 10.8. The first-order valence-corrected chi connectivity index (χ1v) is 6.04. The topological polar surface area (TPSA) is 60.2 Å². The van der Waals surface area contributed by atoms with E-state index in [0.29, 0.717) is 5.89 Å². The van der Waals surface area contributed by atoms with Crippen molar-refractivity contribution in [1.29, 1.82) is 0 Å². The van der Waals surface area contributed by atoms with Crippen LogP contribution < -0.4 is 5.32 Å². The van der Waals surface area contributed by atoms with E-state index in [9.17, 15) is 0 Å². The molecule has 1 aliphatic carbocycles. The number of nitrogens with zero attached hydrogens (tertiary/aromatic N) is 2. The van der Waals surface area contributed by atoms with Crippen molar-refractivity contribution < 1.29 is 9.26 Å². The zero-order valence-corrected chi connectivity index (χ0v) is 10.5. The number of aromatic nitrogens is 2. The molecule has 1 unspecified atom stereocenters. The van der Waals surface area contributed by atoms with E-state index in [1.54, 1.807) is 0 Å². The Balaban J connectivity index is 0.00000108. The second kappa shape index (κ2) is 5.80. The summed E-state index contributed by atoms with van der Waals surface area (Å²) < 4.78 is 10.8. The van der Waals surface area contributed by atoms with Gasteiger partial charge in [0.1, 0.15) is 0 Å². The van der Waals surface area contributed by atoms with E-state index in [1.165, 1.54) is 12.8 Å². The van der Waals surface area contributed by atoms with Crippen molar-refractivity contribution >= 4 is 12.4 Å². The van der Waals surface area contributed by atoms with Gasteiger partial charge in [0.25, 0.3) is 0 Å². The van der Waals surface area contributed by atoms with Gasteiger partial charge < -0.3 is 14.6 Å². The summed E-state index contributed by atoms with van der Waals surface area (Å²) in [4.78, 5) is 4.40. The van der Waals surface area contributed by atoms with E-state index in [4.69, 9.17) is 9.26 Å². The summed E-state index contributed by atoms with van der Waals surface area (Å²) in [7, 11) is 0. The van der Waals surface area contributed by atoms with Gasteiger partial charge in [-0.25, -0.2) is 0 Å². The maximum atomic E-state index is 5.59. The Kier molecular flexibility index (Phi) is 4.36. The Labute approximate surface area is 107 Å². The Bertz CT molecular complexity index is 348. The number of halogens is 1. The fraction of sp³-hybridized carbons (Fsp3) is 0.818. The highest BCUT2D eigenvalue weighted by molar-refractivity contribution is 5.85. The molecule has 1 saturated carbocycles. The van der Waals surface area contributed by atoms with E-state index in [0.717, 1.165) is 44.3 Å². The van der Waals surface area contributed by atoms with Gasteiger partial charge in [0, 0.05) is 19.5 Å². The quantitative estimate of drug-likeness (QED) is 0.873. The maximum Gasteiger partial charge on any atom is 0.229 e. The summed E-state index contributed by atoms with van der Waals surface area (Å²) >= 11 is 0. The minimum Gasteiger partial charge on any atom is -0.375 e. The lowest BCUT2D eigenvalue weighted by Gasteiger charge is -2.21. The number of morpholine rings is 1. The van der Waals surface area contributed by atoms with Crippen LogP contribution in [0.15, 0.2) is 4.52 Å². The molecular weight excluding hydrogens is 242 g/mol. The van der Waals surface area contributed by atoms with Crippen LogP contribution in [0, 0.1) is 5.92 Å². The van der Waals surface area contributed by atoms with Crippen LogP contribution in [0.25, 0.3) is 0 Å². The average molecular weight is 260 g/mol. The molecule has 0 spiro atoms. The van der Waals surface area contributed by atoms with Crippen LogP contribution in [0.1, 0.15) is 24.6 Å². The molecule has 1 aromatic heterocycles. The molecule has 0 bridgehead atoms. The van der Waals surface area contributed by atoms with Crippen molar-refractivity contribution in [3.63, 3.8) is 0 Å². The lowest BCUT2D eigenvalue weighted by Crippen LogP contribution is -2.39. The van der Waals surface area contributed by atoms with Crippen molar-refractivity contribution in [3.05, 3.63) is 11.7 Å². The van der Waals surface area contributed by atoms with Crippen molar-refractivity contribution in [3.8, 4) is 0 Å². The van der Waals surface area contributed by atoms with E-state index >= 15 is 0 Å². The van der Waals surface area contributed by atoms with Gasteiger partial charge in [-0.15, -0.1) is 12.4 Å². The van der Waals surface area contributed by atoms with Crippen molar-refractivity contribution in [1.82, 2.24) is 15.5 Å². The van der Waals surface area contributed by atoms with E-state index in [2.05, 4.69) is 15.5 Å². The molecule has 0 aromatic carbocycles. The summed E-state index contributed by atoms with van der Waals surface area (Å²) in [6.45, 7) is 2.58. The molecule has 1 N–H and O–H groups in total. The summed E-state index contributed by atoms with van der Waals surface area (Å²) in [5, 5.41) is 7.29. The van der Waals surface area contributed by atoms with Crippen LogP contribution in [0.3, 0.4) is 0 Å². The molecule has 96 valence electrons. The highest BCUT2D eigenvalue weighted by Crippen LogP contribution is 2.31. The van der Waals surface area contributed by atoms with Crippen LogP contribution in [0.5, 0.6) is 0 Å². The average Bonchev–Trinajstić information content (AvgIpc) is 3.01. The van der Waals surface area contributed by atoms with Crippen LogP contribution in [-0.4, -0.2) is 35.9 Å². The standard InChI is InChI=1S/C11H17N3O2.ClH/c1-2-8(1)5-10-13-11(16-14-10)6-9-7-12-3-4-15-9;/h8-9,12H,1-7H2;1H. The van der Waals surface area contributed by atoms with Crippen molar-refractivity contribution in [2.75, 3.05) is 19.7 Å². The molecule has 1 aliphatic heterocycles. The second-order valence-electron chi connectivity index (χ2n) is 4.65.